The predicted molar refractivity (Wildman–Crippen MR) is 184 cm³/mol. The fraction of sp³-hybridized carbons (Fsp3) is 0. The van der Waals surface area contributed by atoms with Crippen LogP contribution in [0.3, 0.4) is 0 Å². The van der Waals surface area contributed by atoms with Crippen LogP contribution in [0.1, 0.15) is 11.0 Å². The average Bonchev–Trinajstić information content (AvgIpc) is 3.74. The molecule has 44 heavy (non-hydrogen) atoms. The minimum Gasteiger partial charge on any atom is -0.456 e. The number of rotatable bonds is 4. The highest BCUT2D eigenvalue weighted by atomic mass is 16.3. The maximum Gasteiger partial charge on any atom is 0.135 e. The number of hydrogen-bond donors (Lipinski definition) is 0. The number of fused-ring (bicyclic) bond motifs is 6. The lowest BCUT2D eigenvalue weighted by atomic mass is 9.97. The molecule has 2 aromatic heterocycles. The Morgan fingerprint density at radius 2 is 0.864 bits per heavy atom. The van der Waals surface area contributed by atoms with Crippen molar-refractivity contribution in [2.45, 2.75) is 0 Å². The van der Waals surface area contributed by atoms with Crippen molar-refractivity contribution in [2.75, 3.05) is 0 Å². The first kappa shape index (κ1) is 17.9. The van der Waals surface area contributed by atoms with Gasteiger partial charge < -0.3 is 8.98 Å². The summed E-state index contributed by atoms with van der Waals surface area (Å²) in [7, 11) is 0. The molecule has 2 nitrogen and oxygen atoms in total. The van der Waals surface area contributed by atoms with Crippen molar-refractivity contribution in [3.63, 3.8) is 0 Å². The maximum atomic E-state index is 8.74. The van der Waals surface area contributed by atoms with E-state index in [2.05, 4.69) is 54.6 Å². The molecule has 0 aliphatic heterocycles. The van der Waals surface area contributed by atoms with E-state index in [1.807, 2.05) is 48.5 Å². The SMILES string of the molecule is [2H]c1c([2H])c([2H])c2c(c1[2H])c1c([2H])c([2H])c([2H])c([2H])c1n2-c1ccc(-c2ccc(-c3ccc(-c4ccc5oc6ccccc6c5c4)cc3)cc2)cc1. The molecule has 0 unspecified atom stereocenters. The number of benzene rings is 7. The summed E-state index contributed by atoms with van der Waals surface area (Å²) in [5.41, 5.74) is 8.73. The summed E-state index contributed by atoms with van der Waals surface area (Å²) in [6.07, 6.45) is 0. The smallest absolute Gasteiger partial charge is 0.135 e. The lowest BCUT2D eigenvalue weighted by molar-refractivity contribution is 0.669. The van der Waals surface area contributed by atoms with Crippen LogP contribution in [0.2, 0.25) is 0 Å². The van der Waals surface area contributed by atoms with E-state index in [0.717, 1.165) is 55.3 Å². The van der Waals surface area contributed by atoms with E-state index in [0.29, 0.717) is 5.69 Å². The van der Waals surface area contributed by atoms with Gasteiger partial charge in [0.15, 0.2) is 0 Å². The molecule has 206 valence electrons. The Morgan fingerprint density at radius 3 is 1.45 bits per heavy atom. The van der Waals surface area contributed by atoms with Crippen molar-refractivity contribution in [2.24, 2.45) is 0 Å². The first-order valence-corrected chi connectivity index (χ1v) is 14.4. The Bertz CT molecular complexity index is 2830. The normalized spacial score (nSPS) is 14.2. The van der Waals surface area contributed by atoms with Gasteiger partial charge in [0.25, 0.3) is 0 Å². The molecule has 2 heterocycles. The van der Waals surface area contributed by atoms with Gasteiger partial charge in [-0.3, -0.25) is 0 Å². The molecule has 0 saturated heterocycles. The first-order chi connectivity index (χ1) is 25.1. The number of nitrogens with zero attached hydrogens (tertiary/aromatic N) is 1. The molecule has 0 fully saturated rings. The Labute approximate surface area is 266 Å². The Kier molecular flexibility index (Phi) is 4.02. The van der Waals surface area contributed by atoms with Crippen LogP contribution in [0.25, 0.3) is 82.8 Å². The number of aromatic nitrogens is 1. The molecule has 0 amide bonds. The molecule has 0 radical (unpaired) electrons. The summed E-state index contributed by atoms with van der Waals surface area (Å²) in [5, 5.41) is 2.32. The average molecular weight is 570 g/mol. The van der Waals surface area contributed by atoms with E-state index in [9.17, 15) is 0 Å². The van der Waals surface area contributed by atoms with Crippen LogP contribution in [0.4, 0.5) is 0 Å². The van der Waals surface area contributed by atoms with Crippen molar-refractivity contribution in [1.82, 2.24) is 4.57 Å². The summed E-state index contributed by atoms with van der Waals surface area (Å²) in [5.74, 6) is 0. The number of hydrogen-bond acceptors (Lipinski definition) is 1. The molecule has 0 saturated carbocycles. The van der Waals surface area contributed by atoms with Gasteiger partial charge in [-0.25, -0.2) is 0 Å². The molecule has 0 atom stereocenters. The fourth-order valence-corrected chi connectivity index (χ4v) is 6.10. The minimum absolute atomic E-state index is 0.0633. The van der Waals surface area contributed by atoms with Crippen molar-refractivity contribution >= 4 is 43.7 Å². The Hall–Kier alpha value is -5.86. The second-order valence-electron chi connectivity index (χ2n) is 10.8. The lowest BCUT2D eigenvalue weighted by Crippen LogP contribution is -1.93. The van der Waals surface area contributed by atoms with Gasteiger partial charge in [0.1, 0.15) is 11.2 Å². The van der Waals surface area contributed by atoms with Crippen molar-refractivity contribution in [3.05, 3.63) is 164 Å². The first-order valence-electron chi connectivity index (χ1n) is 18.4. The summed E-state index contributed by atoms with van der Waals surface area (Å²) >= 11 is 0. The third-order valence-corrected chi connectivity index (χ3v) is 8.30. The molecule has 9 aromatic rings. The van der Waals surface area contributed by atoms with Crippen LogP contribution >= 0.6 is 0 Å². The third kappa shape index (κ3) is 3.96. The summed E-state index contributed by atoms with van der Waals surface area (Å²) in [6.45, 7) is 0. The molecular weight excluding hydrogens is 534 g/mol. The van der Waals surface area contributed by atoms with Gasteiger partial charge >= 0.3 is 0 Å². The van der Waals surface area contributed by atoms with Crippen molar-refractivity contribution < 1.29 is 15.4 Å². The van der Waals surface area contributed by atoms with Gasteiger partial charge in [-0.2, -0.15) is 0 Å². The highest BCUT2D eigenvalue weighted by molar-refractivity contribution is 6.09. The zero-order valence-corrected chi connectivity index (χ0v) is 23.3. The van der Waals surface area contributed by atoms with E-state index in [-0.39, 0.29) is 46.0 Å². The molecule has 0 aliphatic carbocycles. The van der Waals surface area contributed by atoms with Gasteiger partial charge in [0, 0.05) is 27.2 Å². The van der Waals surface area contributed by atoms with Crippen LogP contribution in [0, 0.1) is 0 Å². The van der Waals surface area contributed by atoms with Gasteiger partial charge in [0.2, 0.25) is 0 Å². The minimum atomic E-state index is -0.459. The number of para-hydroxylation sites is 3. The fourth-order valence-electron chi connectivity index (χ4n) is 6.10. The maximum absolute atomic E-state index is 8.74. The summed E-state index contributed by atoms with van der Waals surface area (Å²) in [6, 6.07) is 35.3. The Balaban J connectivity index is 1.05. The van der Waals surface area contributed by atoms with Gasteiger partial charge in [-0.15, -0.1) is 0 Å². The summed E-state index contributed by atoms with van der Waals surface area (Å²) in [4.78, 5) is 0. The second kappa shape index (κ2) is 9.86. The van der Waals surface area contributed by atoms with Gasteiger partial charge in [-0.1, -0.05) is 121 Å². The zero-order chi connectivity index (χ0) is 36.0. The van der Waals surface area contributed by atoms with Crippen LogP contribution in [-0.4, -0.2) is 4.57 Å². The van der Waals surface area contributed by atoms with Gasteiger partial charge in [-0.05, 0) is 75.8 Å². The molecule has 0 bridgehead atoms. The molecule has 0 aliphatic rings. The molecule has 9 rings (SSSR count). The molecule has 0 N–H and O–H groups in total. The van der Waals surface area contributed by atoms with Crippen molar-refractivity contribution in [3.8, 4) is 39.1 Å². The molecule has 2 heteroatoms. The lowest BCUT2D eigenvalue weighted by Gasteiger charge is -2.10. The largest absolute Gasteiger partial charge is 0.456 e. The quantitative estimate of drug-likeness (QED) is 0.206. The summed E-state index contributed by atoms with van der Waals surface area (Å²) < 4.78 is 75.4. The van der Waals surface area contributed by atoms with E-state index in [4.69, 9.17) is 15.4 Å². The van der Waals surface area contributed by atoms with E-state index in [1.54, 1.807) is 12.1 Å². The number of furan rings is 1. The highest BCUT2D eigenvalue weighted by Crippen LogP contribution is 2.35. The van der Waals surface area contributed by atoms with Crippen LogP contribution in [-0.2, 0) is 0 Å². The van der Waals surface area contributed by atoms with Crippen molar-refractivity contribution in [1.29, 1.82) is 0 Å². The van der Waals surface area contributed by atoms with Crippen LogP contribution in [0.5, 0.6) is 0 Å². The zero-order valence-electron chi connectivity index (χ0n) is 31.3. The second-order valence-corrected chi connectivity index (χ2v) is 10.8. The predicted octanol–water partition coefficient (Wildman–Crippen LogP) is 11.7. The van der Waals surface area contributed by atoms with Gasteiger partial charge in [0.05, 0.1) is 22.0 Å². The topological polar surface area (TPSA) is 18.1 Å². The molecule has 7 aromatic carbocycles. The highest BCUT2D eigenvalue weighted by Gasteiger charge is 2.12. The standard InChI is InChI=1S/C42H27NO/c1-4-10-39-35(7-1)36-8-2-5-11-40(36)43(39)34-24-21-31(22-25-34)30-15-13-28(14-16-30)29-17-19-32(20-18-29)33-23-26-42-38(27-33)37-9-3-6-12-41(37)44-42/h1-27H/i1D,2D,4D,5D,7D,8D,10D,11D. The third-order valence-electron chi connectivity index (χ3n) is 8.30. The Morgan fingerprint density at radius 1 is 0.409 bits per heavy atom. The van der Waals surface area contributed by atoms with Crippen LogP contribution < -0.4 is 0 Å². The van der Waals surface area contributed by atoms with E-state index >= 15 is 0 Å². The molecular formula is C42H27NO. The molecule has 0 spiro atoms. The van der Waals surface area contributed by atoms with E-state index < -0.39 is 24.2 Å². The monoisotopic (exact) mass is 569 g/mol. The van der Waals surface area contributed by atoms with E-state index in [1.165, 1.54) is 4.57 Å². The van der Waals surface area contributed by atoms with Crippen LogP contribution in [0.15, 0.2) is 168 Å².